The summed E-state index contributed by atoms with van der Waals surface area (Å²) in [5.74, 6) is -0.262. The van der Waals surface area contributed by atoms with Gasteiger partial charge in [0.1, 0.15) is 5.82 Å². The fourth-order valence-corrected chi connectivity index (χ4v) is 3.19. The van der Waals surface area contributed by atoms with Crippen LogP contribution in [0.1, 0.15) is 12.5 Å². The Bertz CT molecular complexity index is 938. The Balaban J connectivity index is 2.10. The van der Waals surface area contributed by atoms with E-state index in [1.807, 2.05) is 36.6 Å². The van der Waals surface area contributed by atoms with Crippen molar-refractivity contribution in [1.82, 2.24) is 4.68 Å². The number of hydrogen-bond donors (Lipinski definition) is 0. The number of benzene rings is 2. The first-order valence-electron chi connectivity index (χ1n) is 7.29. The predicted molar refractivity (Wildman–Crippen MR) is 98.3 cm³/mol. The van der Waals surface area contributed by atoms with Crippen molar-refractivity contribution in [3.05, 3.63) is 75.1 Å². The molecule has 0 aliphatic carbocycles. The molecule has 0 unspecified atom stereocenters. The van der Waals surface area contributed by atoms with Crippen LogP contribution in [0.5, 0.6) is 0 Å². The highest BCUT2D eigenvalue weighted by Crippen LogP contribution is 2.21. The molecule has 6 heteroatoms. The van der Waals surface area contributed by atoms with Crippen LogP contribution in [0.15, 0.2) is 64.0 Å². The van der Waals surface area contributed by atoms with Gasteiger partial charge in [-0.25, -0.2) is 9.07 Å². The third-order valence-corrected chi connectivity index (χ3v) is 4.69. The van der Waals surface area contributed by atoms with Crippen LogP contribution in [0, 0.1) is 5.82 Å². The molecule has 3 aromatic rings. The summed E-state index contributed by atoms with van der Waals surface area (Å²) in [7, 11) is 1.73. The summed E-state index contributed by atoms with van der Waals surface area (Å²) < 4.78 is 15.0. The molecule has 2 aromatic carbocycles. The molecule has 0 atom stereocenters. The topological polar surface area (TPSA) is 29.6 Å². The van der Waals surface area contributed by atoms with Gasteiger partial charge in [0.25, 0.3) is 0 Å². The molecule has 0 aliphatic heterocycles. The minimum absolute atomic E-state index is 0.262. The molecule has 0 fully saturated rings. The van der Waals surface area contributed by atoms with Crippen LogP contribution >= 0.6 is 22.9 Å². The highest BCUT2D eigenvalue weighted by molar-refractivity contribution is 7.07. The van der Waals surface area contributed by atoms with Gasteiger partial charge < -0.3 is 0 Å². The first-order chi connectivity index (χ1) is 11.6. The van der Waals surface area contributed by atoms with Crippen molar-refractivity contribution in [3.63, 3.8) is 0 Å². The minimum Gasteiger partial charge on any atom is -0.261 e. The van der Waals surface area contributed by atoms with E-state index >= 15 is 0 Å². The zero-order chi connectivity index (χ0) is 17.1. The minimum atomic E-state index is -0.262. The van der Waals surface area contributed by atoms with Crippen LogP contribution in [0.25, 0.3) is 11.3 Å². The van der Waals surface area contributed by atoms with Crippen molar-refractivity contribution in [2.45, 2.75) is 6.92 Å². The standard InChI is InChI=1S/C18H15ClFN3S/c1-12(13-3-7-15(19)8-4-13)22-23-17(11-24-18(23)21-2)14-5-9-16(20)10-6-14/h3-11H,1-2H3. The molecule has 122 valence electrons. The molecule has 24 heavy (non-hydrogen) atoms. The molecule has 0 saturated carbocycles. The monoisotopic (exact) mass is 359 g/mol. The van der Waals surface area contributed by atoms with E-state index in [-0.39, 0.29) is 5.82 Å². The lowest BCUT2D eigenvalue weighted by Crippen LogP contribution is -2.13. The summed E-state index contributed by atoms with van der Waals surface area (Å²) >= 11 is 7.42. The van der Waals surface area contributed by atoms with E-state index in [0.29, 0.717) is 5.02 Å². The molecule has 0 N–H and O–H groups in total. The SMILES string of the molecule is CN=c1scc(-c2ccc(F)cc2)n1N=C(C)c1ccc(Cl)cc1. The number of hydrogen-bond acceptors (Lipinski definition) is 3. The summed E-state index contributed by atoms with van der Waals surface area (Å²) in [4.78, 5) is 5.04. The fraction of sp³-hybridized carbons (Fsp3) is 0.111. The second kappa shape index (κ2) is 7.11. The first-order valence-corrected chi connectivity index (χ1v) is 8.55. The van der Waals surface area contributed by atoms with Gasteiger partial charge in [0.2, 0.25) is 4.80 Å². The van der Waals surface area contributed by atoms with Gasteiger partial charge >= 0.3 is 0 Å². The average molecular weight is 360 g/mol. The van der Waals surface area contributed by atoms with E-state index in [4.69, 9.17) is 16.7 Å². The van der Waals surface area contributed by atoms with Crippen molar-refractivity contribution in [2.24, 2.45) is 10.1 Å². The third kappa shape index (κ3) is 3.47. The molecule has 0 radical (unpaired) electrons. The quantitative estimate of drug-likeness (QED) is 0.600. The summed E-state index contributed by atoms with van der Waals surface area (Å²) in [5.41, 5.74) is 3.57. The maximum absolute atomic E-state index is 13.2. The van der Waals surface area contributed by atoms with Crippen LogP contribution in [-0.2, 0) is 0 Å². The lowest BCUT2D eigenvalue weighted by atomic mass is 10.1. The van der Waals surface area contributed by atoms with Crippen molar-refractivity contribution in [3.8, 4) is 11.3 Å². The van der Waals surface area contributed by atoms with Crippen LogP contribution in [0.2, 0.25) is 5.02 Å². The van der Waals surface area contributed by atoms with Crippen molar-refractivity contribution >= 4 is 28.6 Å². The number of rotatable bonds is 3. The second-order valence-corrected chi connectivity index (χ2v) is 6.41. The van der Waals surface area contributed by atoms with Crippen molar-refractivity contribution in [1.29, 1.82) is 0 Å². The van der Waals surface area contributed by atoms with Crippen molar-refractivity contribution in [2.75, 3.05) is 7.05 Å². The number of halogens is 2. The molecular weight excluding hydrogens is 345 g/mol. The van der Waals surface area contributed by atoms with Crippen LogP contribution in [-0.4, -0.2) is 17.4 Å². The normalized spacial score (nSPS) is 12.7. The predicted octanol–water partition coefficient (Wildman–Crippen LogP) is 4.81. The lowest BCUT2D eigenvalue weighted by Gasteiger charge is -2.06. The first kappa shape index (κ1) is 16.6. The van der Waals surface area contributed by atoms with Gasteiger partial charge in [0, 0.05) is 23.0 Å². The average Bonchev–Trinajstić information content (AvgIpc) is 2.98. The molecule has 0 bridgehead atoms. The van der Waals surface area contributed by atoms with Crippen molar-refractivity contribution < 1.29 is 4.39 Å². The molecule has 0 saturated heterocycles. The Kier molecular flexibility index (Phi) is 4.92. The summed E-state index contributed by atoms with van der Waals surface area (Å²) in [6, 6.07) is 13.9. The van der Waals surface area contributed by atoms with E-state index in [1.165, 1.54) is 23.5 Å². The second-order valence-electron chi connectivity index (χ2n) is 5.14. The van der Waals surface area contributed by atoms with Gasteiger partial charge in [0.15, 0.2) is 0 Å². The Morgan fingerprint density at radius 1 is 1.08 bits per heavy atom. The fourth-order valence-electron chi connectivity index (χ4n) is 2.27. The number of thiazole rings is 1. The highest BCUT2D eigenvalue weighted by Gasteiger charge is 2.08. The zero-order valence-electron chi connectivity index (χ0n) is 13.2. The van der Waals surface area contributed by atoms with Gasteiger partial charge in [0.05, 0.1) is 11.4 Å². The molecule has 0 spiro atoms. The van der Waals surface area contributed by atoms with Crippen LogP contribution < -0.4 is 4.80 Å². The Morgan fingerprint density at radius 2 is 1.75 bits per heavy atom. The maximum atomic E-state index is 13.2. The molecule has 3 rings (SSSR count). The van der Waals surface area contributed by atoms with Gasteiger partial charge in [-0.2, -0.15) is 5.10 Å². The van der Waals surface area contributed by atoms with Gasteiger partial charge in [-0.05, 0) is 48.9 Å². The molecule has 3 nitrogen and oxygen atoms in total. The summed E-state index contributed by atoms with van der Waals surface area (Å²) in [6.07, 6.45) is 0. The Hall–Kier alpha value is -2.24. The molecule has 0 aliphatic rings. The Labute approximate surface area is 148 Å². The maximum Gasteiger partial charge on any atom is 0.205 e. The van der Waals surface area contributed by atoms with Gasteiger partial charge in [-0.1, -0.05) is 23.7 Å². The van der Waals surface area contributed by atoms with E-state index in [0.717, 1.165) is 27.3 Å². The van der Waals surface area contributed by atoms with Crippen LogP contribution in [0.4, 0.5) is 4.39 Å². The molecule has 1 aromatic heterocycles. The molecule has 1 heterocycles. The molecule has 0 amide bonds. The van der Waals surface area contributed by atoms with E-state index < -0.39 is 0 Å². The van der Waals surface area contributed by atoms with E-state index in [2.05, 4.69) is 4.99 Å². The third-order valence-electron chi connectivity index (χ3n) is 3.53. The van der Waals surface area contributed by atoms with Crippen LogP contribution in [0.3, 0.4) is 0 Å². The number of nitrogens with zero attached hydrogens (tertiary/aromatic N) is 3. The zero-order valence-corrected chi connectivity index (χ0v) is 14.8. The van der Waals surface area contributed by atoms with E-state index in [1.54, 1.807) is 23.9 Å². The summed E-state index contributed by atoms with van der Waals surface area (Å²) in [5, 5.41) is 7.35. The molecular formula is C18H15ClFN3S. The smallest absolute Gasteiger partial charge is 0.205 e. The highest BCUT2D eigenvalue weighted by atomic mass is 35.5. The van der Waals surface area contributed by atoms with Gasteiger partial charge in [-0.15, -0.1) is 11.3 Å². The van der Waals surface area contributed by atoms with E-state index in [9.17, 15) is 4.39 Å². The lowest BCUT2D eigenvalue weighted by molar-refractivity contribution is 0.628. The largest absolute Gasteiger partial charge is 0.261 e. The number of aromatic nitrogens is 1. The summed E-state index contributed by atoms with van der Waals surface area (Å²) in [6.45, 7) is 1.93. The Morgan fingerprint density at radius 3 is 2.38 bits per heavy atom. The van der Waals surface area contributed by atoms with Gasteiger partial charge in [-0.3, -0.25) is 4.99 Å².